The molecule has 0 bridgehead atoms. The second-order valence-corrected chi connectivity index (χ2v) is 2.45. The van der Waals surface area contributed by atoms with Gasteiger partial charge in [-0.05, 0) is 12.2 Å². The third-order valence-corrected chi connectivity index (χ3v) is 1.39. The summed E-state index contributed by atoms with van der Waals surface area (Å²) in [6, 6.07) is 0. The van der Waals surface area contributed by atoms with Crippen LogP contribution >= 0.6 is 24.3 Å². The Morgan fingerprint density at radius 2 is 2.22 bits per heavy atom. The van der Waals surface area contributed by atoms with Gasteiger partial charge in [-0.1, -0.05) is 0 Å². The van der Waals surface area contributed by atoms with Crippen LogP contribution in [0.4, 0.5) is 0 Å². The van der Waals surface area contributed by atoms with E-state index in [0.717, 1.165) is 12.0 Å². The summed E-state index contributed by atoms with van der Waals surface area (Å²) >= 11 is 5.28. The van der Waals surface area contributed by atoms with Gasteiger partial charge in [0.05, 0.1) is 7.11 Å². The van der Waals surface area contributed by atoms with Crippen molar-refractivity contribution in [3.63, 3.8) is 0 Å². The molecule has 0 aromatic carbocycles. The van der Waals surface area contributed by atoms with Gasteiger partial charge in [0.15, 0.2) is 0 Å². The summed E-state index contributed by atoms with van der Waals surface area (Å²) in [5, 5.41) is 0. The molecule has 0 saturated heterocycles. The van der Waals surface area contributed by atoms with Crippen molar-refractivity contribution in [2.45, 2.75) is 6.92 Å². The fourth-order valence-corrected chi connectivity index (χ4v) is 0.482. The quantitative estimate of drug-likeness (QED) is 0.398. The van der Waals surface area contributed by atoms with E-state index in [9.17, 15) is 4.79 Å². The largest absolute Gasteiger partial charge is 0.480 e. The molecule has 0 saturated carbocycles. The summed E-state index contributed by atoms with van der Waals surface area (Å²) in [7, 11) is 1.42. The fourth-order valence-electron chi connectivity index (χ4n) is 0.127. The smallest absolute Gasteiger partial charge is 0.315 e. The van der Waals surface area contributed by atoms with Crippen LogP contribution < -0.4 is 0 Å². The average molecular weight is 166 g/mol. The molecule has 0 unspecified atom stereocenters. The van der Waals surface area contributed by atoms with Crippen LogP contribution in [-0.4, -0.2) is 17.5 Å². The molecule has 0 spiro atoms. The topological polar surface area (TPSA) is 35.5 Å². The van der Waals surface area contributed by atoms with Crippen molar-refractivity contribution in [2.24, 2.45) is 0 Å². The highest BCUT2D eigenvalue weighted by Crippen LogP contribution is 2.05. The molecule has 0 aromatic heterocycles. The van der Waals surface area contributed by atoms with E-state index in [4.69, 9.17) is 0 Å². The van der Waals surface area contributed by atoms with E-state index in [2.05, 4.69) is 21.1 Å². The lowest BCUT2D eigenvalue weighted by Gasteiger charge is -1.97. The van der Waals surface area contributed by atoms with Crippen LogP contribution in [0.15, 0.2) is 0 Å². The van der Waals surface area contributed by atoms with Gasteiger partial charge >= 0.3 is 5.97 Å². The van der Waals surface area contributed by atoms with E-state index in [-0.39, 0.29) is 10.4 Å². The van der Waals surface area contributed by atoms with Crippen molar-refractivity contribution < 1.29 is 13.7 Å². The Balaban J connectivity index is 3.28. The molecular formula is C4H6O3S2. The van der Waals surface area contributed by atoms with Gasteiger partial charge in [-0.15, -0.1) is 0 Å². The van der Waals surface area contributed by atoms with E-state index in [0.29, 0.717) is 0 Å². The van der Waals surface area contributed by atoms with E-state index < -0.39 is 0 Å². The molecule has 0 radical (unpaired) electrons. The van der Waals surface area contributed by atoms with Gasteiger partial charge < -0.3 is 8.92 Å². The first-order valence-corrected chi connectivity index (χ1v) is 3.25. The molecule has 0 rings (SSSR count). The Morgan fingerprint density at radius 1 is 1.67 bits per heavy atom. The second-order valence-electron chi connectivity index (χ2n) is 1.11. The Morgan fingerprint density at radius 3 is 2.56 bits per heavy atom. The van der Waals surface area contributed by atoms with Gasteiger partial charge in [-0.25, -0.2) is 0 Å². The molecule has 0 N–H and O–H groups in total. The SMILES string of the molecule is COC(=S)SOC(C)=O. The third kappa shape index (κ3) is 5.58. The maximum Gasteiger partial charge on any atom is 0.315 e. The van der Waals surface area contributed by atoms with Crippen LogP contribution in [-0.2, 0) is 13.7 Å². The summed E-state index contributed by atoms with van der Waals surface area (Å²) < 4.78 is 9.12. The van der Waals surface area contributed by atoms with Crippen LogP contribution in [0, 0.1) is 0 Å². The van der Waals surface area contributed by atoms with Crippen molar-refractivity contribution in [2.75, 3.05) is 7.11 Å². The minimum Gasteiger partial charge on any atom is -0.480 e. The molecule has 3 nitrogen and oxygen atoms in total. The highest BCUT2D eigenvalue weighted by Gasteiger charge is 1.98. The lowest BCUT2D eigenvalue weighted by molar-refractivity contribution is -0.130. The average Bonchev–Trinajstić information content (AvgIpc) is 1.83. The van der Waals surface area contributed by atoms with Crippen molar-refractivity contribution >= 4 is 34.6 Å². The van der Waals surface area contributed by atoms with Gasteiger partial charge in [-0.2, -0.15) is 0 Å². The molecule has 0 atom stereocenters. The van der Waals surface area contributed by atoms with Crippen LogP contribution in [0.3, 0.4) is 0 Å². The third-order valence-electron chi connectivity index (χ3n) is 0.394. The van der Waals surface area contributed by atoms with Gasteiger partial charge in [0.25, 0.3) is 4.38 Å². The first kappa shape index (κ1) is 8.71. The first-order chi connectivity index (χ1) is 4.16. The van der Waals surface area contributed by atoms with Gasteiger partial charge in [0, 0.05) is 6.92 Å². The summed E-state index contributed by atoms with van der Waals surface area (Å²) in [6.45, 7) is 1.30. The van der Waals surface area contributed by atoms with Crippen LogP contribution in [0.25, 0.3) is 0 Å². The molecule has 9 heavy (non-hydrogen) atoms. The number of carbonyl (C=O) groups excluding carboxylic acids is 1. The normalized spacial score (nSPS) is 8.22. The monoisotopic (exact) mass is 166 g/mol. The standard InChI is InChI=1S/C4H6O3S2/c1-3(5)7-9-4(8)6-2/h1-2H3. The molecule has 0 aromatic rings. The van der Waals surface area contributed by atoms with Crippen molar-refractivity contribution in [1.82, 2.24) is 0 Å². The number of carbonyl (C=O) groups is 1. The Labute approximate surface area is 62.9 Å². The lowest BCUT2D eigenvalue weighted by atomic mass is 10.9. The number of rotatable bonds is 0. The second kappa shape index (κ2) is 4.58. The van der Waals surface area contributed by atoms with Gasteiger partial charge in [-0.3, -0.25) is 4.79 Å². The molecule has 0 fully saturated rings. The Bertz CT molecular complexity index is 123. The molecule has 52 valence electrons. The van der Waals surface area contributed by atoms with Crippen molar-refractivity contribution in [3.8, 4) is 0 Å². The van der Waals surface area contributed by atoms with E-state index in [1.165, 1.54) is 14.0 Å². The zero-order valence-electron chi connectivity index (χ0n) is 5.04. The van der Waals surface area contributed by atoms with Crippen LogP contribution in [0.2, 0.25) is 0 Å². The Kier molecular flexibility index (Phi) is 4.43. The van der Waals surface area contributed by atoms with Crippen LogP contribution in [0.1, 0.15) is 6.92 Å². The van der Waals surface area contributed by atoms with Gasteiger partial charge in [0.1, 0.15) is 12.0 Å². The van der Waals surface area contributed by atoms with E-state index in [1.807, 2.05) is 0 Å². The summed E-state index contributed by atoms with van der Waals surface area (Å²) in [5.41, 5.74) is 0. The fraction of sp³-hybridized carbons (Fsp3) is 0.500. The highest BCUT2D eigenvalue weighted by atomic mass is 32.2. The van der Waals surface area contributed by atoms with E-state index in [1.54, 1.807) is 0 Å². The molecule has 0 aliphatic rings. The highest BCUT2D eigenvalue weighted by molar-refractivity contribution is 8.19. The lowest BCUT2D eigenvalue weighted by Crippen LogP contribution is -1.96. The molecule has 0 aliphatic heterocycles. The number of methoxy groups -OCH3 is 1. The maximum atomic E-state index is 10.1. The zero-order chi connectivity index (χ0) is 7.28. The van der Waals surface area contributed by atoms with Crippen molar-refractivity contribution in [1.29, 1.82) is 0 Å². The number of thiocarbonyl (C=S) groups is 1. The maximum absolute atomic E-state index is 10.1. The van der Waals surface area contributed by atoms with Crippen molar-refractivity contribution in [3.05, 3.63) is 0 Å². The summed E-state index contributed by atoms with van der Waals surface area (Å²) in [5.74, 6) is -0.389. The summed E-state index contributed by atoms with van der Waals surface area (Å²) in [6.07, 6.45) is 0. The first-order valence-electron chi connectivity index (χ1n) is 2.10. The summed E-state index contributed by atoms with van der Waals surface area (Å²) in [4.78, 5) is 10.1. The Hall–Kier alpha value is -0.290. The zero-order valence-corrected chi connectivity index (χ0v) is 6.67. The number of ether oxygens (including phenoxy) is 1. The minimum atomic E-state index is -0.389. The van der Waals surface area contributed by atoms with Gasteiger partial charge in [0.2, 0.25) is 0 Å². The molecule has 0 aliphatic carbocycles. The molecule has 0 heterocycles. The molecular weight excluding hydrogens is 160 g/mol. The predicted octanol–water partition coefficient (Wildman–Crippen LogP) is 1.13. The minimum absolute atomic E-state index is 0.199. The predicted molar refractivity (Wildman–Crippen MR) is 39.0 cm³/mol. The number of hydrogen-bond acceptors (Lipinski definition) is 5. The number of hydrogen-bond donors (Lipinski definition) is 0. The van der Waals surface area contributed by atoms with E-state index >= 15 is 0 Å². The molecule has 0 amide bonds. The molecule has 5 heteroatoms. The van der Waals surface area contributed by atoms with Crippen LogP contribution in [0.5, 0.6) is 0 Å².